The van der Waals surface area contributed by atoms with E-state index < -0.39 is 20.5 Å². The molecule has 0 radical (unpaired) electrons. The quantitative estimate of drug-likeness (QED) is 0.384. The van der Waals surface area contributed by atoms with Crippen LogP contribution in [0.3, 0.4) is 0 Å². The Labute approximate surface area is 152 Å². The van der Waals surface area contributed by atoms with Crippen LogP contribution >= 0.6 is 0 Å². The van der Waals surface area contributed by atoms with Crippen molar-refractivity contribution in [3.8, 4) is 0 Å². The van der Waals surface area contributed by atoms with Gasteiger partial charge in [0.05, 0.1) is 12.5 Å². The van der Waals surface area contributed by atoms with E-state index >= 15 is 0 Å². The lowest BCUT2D eigenvalue weighted by Gasteiger charge is -2.40. The van der Waals surface area contributed by atoms with E-state index in [1.165, 1.54) is 6.21 Å². The predicted molar refractivity (Wildman–Crippen MR) is 103 cm³/mol. The van der Waals surface area contributed by atoms with Gasteiger partial charge < -0.3 is 19.6 Å². The van der Waals surface area contributed by atoms with Crippen molar-refractivity contribution in [1.82, 2.24) is 0 Å². The van der Waals surface area contributed by atoms with E-state index in [0.29, 0.717) is 0 Å². The molecule has 4 unspecified atom stereocenters. The first-order valence-electron chi connectivity index (χ1n) is 8.80. The Hall–Kier alpha value is -1.02. The molecule has 25 heavy (non-hydrogen) atoms. The fourth-order valence-corrected chi connectivity index (χ4v) is 3.82. The number of ether oxygens (including phenoxy) is 2. The lowest BCUT2D eigenvalue weighted by molar-refractivity contribution is -0.116. The second kappa shape index (κ2) is 9.07. The highest BCUT2D eigenvalue weighted by atomic mass is 28.4. The number of aliphatic imine (C=N–C) groups is 1. The van der Waals surface area contributed by atoms with Crippen LogP contribution in [0, 0.1) is 0 Å². The lowest BCUT2D eigenvalue weighted by Crippen LogP contribution is -2.49. The number of rotatable bonds is 9. The van der Waals surface area contributed by atoms with Gasteiger partial charge in [0.2, 0.25) is 5.91 Å². The third-order valence-corrected chi connectivity index (χ3v) is 9.47. The van der Waals surface area contributed by atoms with Gasteiger partial charge in [-0.15, -0.1) is 6.58 Å². The van der Waals surface area contributed by atoms with Gasteiger partial charge in [0.25, 0.3) is 0 Å². The van der Waals surface area contributed by atoms with E-state index in [1.807, 2.05) is 6.08 Å². The van der Waals surface area contributed by atoms with E-state index in [-0.39, 0.29) is 29.8 Å². The van der Waals surface area contributed by atoms with Crippen LogP contribution in [0.5, 0.6) is 0 Å². The maximum atomic E-state index is 10.9. The van der Waals surface area contributed by atoms with E-state index in [9.17, 15) is 4.79 Å². The maximum Gasteiger partial charge on any atom is 0.222 e. The van der Waals surface area contributed by atoms with Crippen LogP contribution in [0.1, 0.15) is 40.0 Å². The Morgan fingerprint density at radius 1 is 1.36 bits per heavy atom. The van der Waals surface area contributed by atoms with Crippen molar-refractivity contribution in [2.24, 2.45) is 10.7 Å². The molecule has 0 aromatic heterocycles. The highest BCUT2D eigenvalue weighted by Crippen LogP contribution is 2.41. The summed E-state index contributed by atoms with van der Waals surface area (Å²) in [4.78, 5) is 15.3. The van der Waals surface area contributed by atoms with Crippen molar-refractivity contribution in [1.29, 1.82) is 0 Å². The minimum absolute atomic E-state index is 0.0847. The minimum Gasteiger partial charge on any atom is -0.408 e. The molecule has 2 N–H and O–H groups in total. The topological polar surface area (TPSA) is 83.1 Å². The first-order valence-corrected chi connectivity index (χ1v) is 11.7. The summed E-state index contributed by atoms with van der Waals surface area (Å²) in [5.41, 5.74) is 5.16. The largest absolute Gasteiger partial charge is 0.408 e. The van der Waals surface area contributed by atoms with Gasteiger partial charge in [-0.1, -0.05) is 26.8 Å². The number of amides is 1. The SMILES string of the molecule is C=CCCC1OC(N=CCC(N)=O)C(OC)C1O[Si](C)(C)C(C)(C)C. The molecule has 0 aliphatic carbocycles. The summed E-state index contributed by atoms with van der Waals surface area (Å²) in [5.74, 6) is -0.423. The second-order valence-corrected chi connectivity index (χ2v) is 12.7. The van der Waals surface area contributed by atoms with E-state index in [2.05, 4.69) is 45.4 Å². The zero-order chi connectivity index (χ0) is 19.3. The molecule has 0 bridgehead atoms. The highest BCUT2D eigenvalue weighted by Gasteiger charge is 2.50. The minimum atomic E-state index is -2.00. The van der Waals surface area contributed by atoms with Crippen molar-refractivity contribution < 1.29 is 18.7 Å². The summed E-state index contributed by atoms with van der Waals surface area (Å²) < 4.78 is 18.4. The molecule has 0 spiro atoms. The molecule has 0 aromatic rings. The van der Waals surface area contributed by atoms with Gasteiger partial charge in [-0.25, -0.2) is 0 Å². The molecule has 1 saturated heterocycles. The Bertz CT molecular complexity index is 488. The van der Waals surface area contributed by atoms with Gasteiger partial charge in [-0.3, -0.25) is 9.79 Å². The summed E-state index contributed by atoms with van der Waals surface area (Å²) in [7, 11) is -0.358. The first-order chi connectivity index (χ1) is 11.5. The molecule has 1 aliphatic rings. The maximum absolute atomic E-state index is 10.9. The second-order valence-electron chi connectivity index (χ2n) is 7.98. The van der Waals surface area contributed by atoms with Crippen LogP contribution in [0.15, 0.2) is 17.6 Å². The zero-order valence-corrected chi connectivity index (χ0v) is 17.5. The Balaban J connectivity index is 2.99. The molecule has 6 nitrogen and oxygen atoms in total. The fourth-order valence-electron chi connectivity index (χ4n) is 2.50. The molecular weight excluding hydrogens is 336 g/mol. The average Bonchev–Trinajstić information content (AvgIpc) is 2.80. The Morgan fingerprint density at radius 2 is 2.00 bits per heavy atom. The van der Waals surface area contributed by atoms with Crippen LogP contribution in [-0.2, 0) is 18.7 Å². The van der Waals surface area contributed by atoms with Crippen LogP contribution in [-0.4, -0.2) is 52.1 Å². The number of hydrogen-bond acceptors (Lipinski definition) is 5. The molecular formula is C18H34N2O4Si. The van der Waals surface area contributed by atoms with Crippen molar-refractivity contribution in [3.05, 3.63) is 12.7 Å². The molecule has 144 valence electrons. The average molecular weight is 371 g/mol. The van der Waals surface area contributed by atoms with Crippen LogP contribution in [0.25, 0.3) is 0 Å². The number of carbonyl (C=O) groups is 1. The first kappa shape index (κ1) is 22.0. The van der Waals surface area contributed by atoms with Crippen molar-refractivity contribution >= 4 is 20.4 Å². The third-order valence-electron chi connectivity index (χ3n) is 4.99. The van der Waals surface area contributed by atoms with Crippen molar-refractivity contribution in [2.75, 3.05) is 7.11 Å². The van der Waals surface area contributed by atoms with Crippen LogP contribution < -0.4 is 5.73 Å². The summed E-state index contributed by atoms with van der Waals surface area (Å²) in [6, 6.07) is 0. The van der Waals surface area contributed by atoms with Gasteiger partial charge >= 0.3 is 0 Å². The zero-order valence-electron chi connectivity index (χ0n) is 16.5. The van der Waals surface area contributed by atoms with Gasteiger partial charge in [0.1, 0.15) is 12.2 Å². The third kappa shape index (κ3) is 6.02. The van der Waals surface area contributed by atoms with Crippen LogP contribution in [0.2, 0.25) is 18.1 Å². The predicted octanol–water partition coefficient (Wildman–Crippen LogP) is 3.03. The number of carbonyl (C=O) groups excluding carboxylic acids is 1. The normalized spacial score (nSPS) is 27.8. The number of nitrogens with two attached hydrogens (primary N) is 1. The summed E-state index contributed by atoms with van der Waals surface area (Å²) in [6.07, 6.45) is 3.97. The van der Waals surface area contributed by atoms with Gasteiger partial charge in [-0.2, -0.15) is 0 Å². The lowest BCUT2D eigenvalue weighted by atomic mass is 10.1. The monoisotopic (exact) mass is 370 g/mol. The van der Waals surface area contributed by atoms with E-state index in [0.717, 1.165) is 12.8 Å². The Kier molecular flexibility index (Phi) is 7.99. The van der Waals surface area contributed by atoms with E-state index in [4.69, 9.17) is 19.6 Å². The molecule has 4 atom stereocenters. The molecule has 1 heterocycles. The molecule has 1 rings (SSSR count). The number of methoxy groups -OCH3 is 1. The molecule has 1 amide bonds. The van der Waals surface area contributed by atoms with Gasteiger partial charge in [0, 0.05) is 13.3 Å². The van der Waals surface area contributed by atoms with E-state index in [1.54, 1.807) is 7.11 Å². The highest BCUT2D eigenvalue weighted by molar-refractivity contribution is 6.74. The molecule has 0 aromatic carbocycles. The smallest absolute Gasteiger partial charge is 0.222 e. The molecule has 7 heteroatoms. The number of allylic oxidation sites excluding steroid dienone is 1. The van der Waals surface area contributed by atoms with Crippen LogP contribution in [0.4, 0.5) is 0 Å². The van der Waals surface area contributed by atoms with Crippen molar-refractivity contribution in [3.63, 3.8) is 0 Å². The standard InChI is InChI=1S/C18H34N2O4Si/c1-8-9-10-13-15(24-25(6,7)18(2,3)4)16(22-5)17(23-13)20-12-11-14(19)21/h8,12-13,15-17H,1,9-11H2,2-7H3,(H2,19,21). The molecule has 1 aliphatic heterocycles. The summed E-state index contributed by atoms with van der Waals surface area (Å²) in [5, 5.41) is 0.0849. The summed E-state index contributed by atoms with van der Waals surface area (Å²) in [6.45, 7) is 14.8. The molecule has 1 fully saturated rings. The van der Waals surface area contributed by atoms with Gasteiger partial charge in [0.15, 0.2) is 14.5 Å². The van der Waals surface area contributed by atoms with Crippen molar-refractivity contribution in [2.45, 2.75) is 82.7 Å². The van der Waals surface area contributed by atoms with Gasteiger partial charge in [-0.05, 0) is 31.0 Å². The fraction of sp³-hybridized carbons (Fsp3) is 0.778. The number of hydrogen-bond donors (Lipinski definition) is 1. The number of nitrogens with zero attached hydrogens (tertiary/aromatic N) is 1. The Morgan fingerprint density at radius 3 is 2.48 bits per heavy atom. The number of primary amides is 1. The molecule has 0 saturated carbocycles. The summed E-state index contributed by atoms with van der Waals surface area (Å²) >= 11 is 0.